The molecule has 3 atom stereocenters. The molecule has 5 heteroatoms. The summed E-state index contributed by atoms with van der Waals surface area (Å²) in [7, 11) is -1.84. The molecule has 1 aromatic carbocycles. The number of rotatable bonds is 6. The third-order valence-electron chi connectivity index (χ3n) is 5.19. The second kappa shape index (κ2) is 8.10. The Morgan fingerprint density at radius 1 is 1.21 bits per heavy atom. The lowest BCUT2D eigenvalue weighted by Gasteiger charge is -2.40. The van der Waals surface area contributed by atoms with Crippen LogP contribution in [0.15, 0.2) is 30.3 Å². The maximum Gasteiger partial charge on any atom is 0.192 e. The largest absolute Gasteiger partial charge is 0.414 e. The van der Waals surface area contributed by atoms with Gasteiger partial charge in [-0.2, -0.15) is 0 Å². The van der Waals surface area contributed by atoms with Gasteiger partial charge in [-0.05, 0) is 30.1 Å². The topological polar surface area (TPSA) is 47.9 Å². The lowest BCUT2D eigenvalue weighted by atomic mass is 10.0. The molecule has 0 amide bonds. The molecule has 0 spiro atoms. The smallest absolute Gasteiger partial charge is 0.192 e. The first-order valence-electron chi connectivity index (χ1n) is 8.80. The van der Waals surface area contributed by atoms with Gasteiger partial charge in [-0.15, -0.1) is 0 Å². The summed E-state index contributed by atoms with van der Waals surface area (Å²) in [6.07, 6.45) is -0.457. The van der Waals surface area contributed by atoms with Crippen LogP contribution < -0.4 is 0 Å². The Morgan fingerprint density at radius 3 is 2.50 bits per heavy atom. The van der Waals surface area contributed by atoms with Gasteiger partial charge in [0.25, 0.3) is 0 Å². The number of benzene rings is 1. The number of ether oxygens (including phenoxy) is 2. The number of hydrogen-bond acceptors (Lipinski definition) is 4. The Balaban J connectivity index is 1.96. The molecular formula is C19H32O4Si. The molecule has 1 aliphatic heterocycles. The van der Waals surface area contributed by atoms with E-state index in [1.807, 2.05) is 30.3 Å². The van der Waals surface area contributed by atoms with Crippen LogP contribution in [0.25, 0.3) is 0 Å². The van der Waals surface area contributed by atoms with Crippen molar-refractivity contribution in [1.29, 1.82) is 0 Å². The summed E-state index contributed by atoms with van der Waals surface area (Å²) < 4.78 is 18.2. The molecule has 0 unspecified atom stereocenters. The Labute approximate surface area is 147 Å². The fraction of sp³-hybridized carbons (Fsp3) is 0.684. The summed E-state index contributed by atoms with van der Waals surface area (Å²) in [6.45, 7) is 12.6. The Bertz CT molecular complexity index is 498. The van der Waals surface area contributed by atoms with Crippen LogP contribution in [-0.4, -0.2) is 44.9 Å². The van der Waals surface area contributed by atoms with Crippen molar-refractivity contribution in [1.82, 2.24) is 0 Å². The Hall–Kier alpha value is -0.723. The highest BCUT2D eigenvalue weighted by atomic mass is 28.4. The predicted molar refractivity (Wildman–Crippen MR) is 98.5 cm³/mol. The molecule has 1 heterocycles. The van der Waals surface area contributed by atoms with Crippen molar-refractivity contribution in [3.05, 3.63) is 35.9 Å². The minimum absolute atomic E-state index is 0.153. The highest BCUT2D eigenvalue weighted by Gasteiger charge is 2.40. The average molecular weight is 353 g/mol. The first kappa shape index (κ1) is 19.6. The summed E-state index contributed by atoms with van der Waals surface area (Å²) in [5, 5.41) is 10.5. The molecule has 1 N–H and O–H groups in total. The van der Waals surface area contributed by atoms with E-state index >= 15 is 0 Å². The zero-order valence-corrected chi connectivity index (χ0v) is 16.6. The molecule has 1 aromatic rings. The number of hydrogen-bond donors (Lipinski definition) is 1. The van der Waals surface area contributed by atoms with Crippen molar-refractivity contribution in [3.8, 4) is 0 Å². The maximum absolute atomic E-state index is 10.4. The molecule has 24 heavy (non-hydrogen) atoms. The van der Waals surface area contributed by atoms with Crippen molar-refractivity contribution >= 4 is 8.32 Å². The van der Waals surface area contributed by atoms with Crippen LogP contribution >= 0.6 is 0 Å². The Kier molecular flexibility index (Phi) is 6.62. The van der Waals surface area contributed by atoms with Crippen LogP contribution in [0, 0.1) is 0 Å². The fourth-order valence-corrected chi connectivity index (χ4v) is 3.50. The van der Waals surface area contributed by atoms with Crippen LogP contribution in [0.2, 0.25) is 18.1 Å². The second-order valence-corrected chi connectivity index (χ2v) is 12.9. The molecule has 0 saturated carbocycles. The van der Waals surface area contributed by atoms with E-state index < -0.39 is 14.4 Å². The van der Waals surface area contributed by atoms with Crippen LogP contribution in [0.3, 0.4) is 0 Å². The van der Waals surface area contributed by atoms with E-state index in [2.05, 4.69) is 33.9 Å². The third kappa shape index (κ3) is 5.13. The first-order chi connectivity index (χ1) is 11.2. The van der Waals surface area contributed by atoms with Crippen molar-refractivity contribution in [2.75, 3.05) is 13.2 Å². The predicted octanol–water partition coefficient (Wildman–Crippen LogP) is 3.74. The zero-order chi connectivity index (χ0) is 17.8. The van der Waals surface area contributed by atoms with Crippen LogP contribution in [0.1, 0.15) is 32.8 Å². The van der Waals surface area contributed by atoms with Gasteiger partial charge in [-0.3, -0.25) is 0 Å². The van der Waals surface area contributed by atoms with E-state index in [0.29, 0.717) is 26.2 Å². The standard InChI is InChI=1S/C19H32O4Si/c1-19(2,3)24(4,5)23-14-17-18(16(20)11-12-21-17)22-13-15-9-7-6-8-10-15/h6-10,16-18,20H,11-14H2,1-5H3/t16-,17-,18+/m1/s1. The van der Waals surface area contributed by atoms with Gasteiger partial charge >= 0.3 is 0 Å². The summed E-state index contributed by atoms with van der Waals surface area (Å²) in [6, 6.07) is 10.0. The van der Waals surface area contributed by atoms with Gasteiger partial charge in [0.05, 0.1) is 19.3 Å². The van der Waals surface area contributed by atoms with Crippen LogP contribution in [0.4, 0.5) is 0 Å². The highest BCUT2D eigenvalue weighted by molar-refractivity contribution is 6.74. The average Bonchev–Trinajstić information content (AvgIpc) is 2.52. The van der Waals surface area contributed by atoms with Gasteiger partial charge in [0.15, 0.2) is 8.32 Å². The Morgan fingerprint density at radius 2 is 1.88 bits per heavy atom. The quantitative estimate of drug-likeness (QED) is 0.792. The first-order valence-corrected chi connectivity index (χ1v) is 11.7. The molecule has 0 aliphatic carbocycles. The van der Waals surface area contributed by atoms with Crippen LogP contribution in [-0.2, 0) is 20.5 Å². The van der Waals surface area contributed by atoms with Gasteiger partial charge in [0, 0.05) is 6.61 Å². The monoisotopic (exact) mass is 352 g/mol. The molecular weight excluding hydrogens is 320 g/mol. The van der Waals surface area contributed by atoms with Gasteiger partial charge in [-0.25, -0.2) is 0 Å². The summed E-state index contributed by atoms with van der Waals surface area (Å²) in [5.41, 5.74) is 1.10. The van der Waals surface area contributed by atoms with E-state index in [1.54, 1.807) is 0 Å². The molecule has 4 nitrogen and oxygen atoms in total. The van der Waals surface area contributed by atoms with Crippen molar-refractivity contribution in [2.45, 2.75) is 70.2 Å². The maximum atomic E-state index is 10.4. The lowest BCUT2D eigenvalue weighted by Crippen LogP contribution is -2.51. The zero-order valence-electron chi connectivity index (χ0n) is 15.6. The van der Waals surface area contributed by atoms with E-state index in [1.165, 1.54) is 0 Å². The molecule has 0 bridgehead atoms. The minimum atomic E-state index is -1.84. The molecule has 1 saturated heterocycles. The normalized spacial score (nSPS) is 25.7. The molecule has 1 fully saturated rings. The SMILES string of the molecule is CC(C)(C)[Si](C)(C)OC[C@H]1OCC[C@@H](O)[C@@H]1OCc1ccccc1. The van der Waals surface area contributed by atoms with Gasteiger partial charge in [-0.1, -0.05) is 51.1 Å². The second-order valence-electron chi connectivity index (χ2n) is 8.10. The third-order valence-corrected chi connectivity index (χ3v) is 9.69. The molecule has 0 radical (unpaired) electrons. The summed E-state index contributed by atoms with van der Waals surface area (Å²) in [4.78, 5) is 0. The minimum Gasteiger partial charge on any atom is -0.414 e. The molecule has 136 valence electrons. The van der Waals surface area contributed by atoms with Crippen molar-refractivity contribution in [3.63, 3.8) is 0 Å². The number of aliphatic hydroxyl groups excluding tert-OH is 1. The van der Waals surface area contributed by atoms with Crippen LogP contribution in [0.5, 0.6) is 0 Å². The number of aliphatic hydroxyl groups is 1. The fourth-order valence-electron chi connectivity index (χ4n) is 2.48. The van der Waals surface area contributed by atoms with Gasteiger partial charge in [0.1, 0.15) is 12.2 Å². The van der Waals surface area contributed by atoms with Gasteiger partial charge in [0.2, 0.25) is 0 Å². The van der Waals surface area contributed by atoms with E-state index in [4.69, 9.17) is 13.9 Å². The van der Waals surface area contributed by atoms with Crippen molar-refractivity contribution < 1.29 is 19.0 Å². The molecule has 2 rings (SSSR count). The lowest BCUT2D eigenvalue weighted by molar-refractivity contribution is -0.173. The van der Waals surface area contributed by atoms with E-state index in [9.17, 15) is 5.11 Å². The molecule has 1 aliphatic rings. The van der Waals surface area contributed by atoms with Crippen molar-refractivity contribution in [2.24, 2.45) is 0 Å². The summed E-state index contributed by atoms with van der Waals surface area (Å²) >= 11 is 0. The van der Waals surface area contributed by atoms with E-state index in [0.717, 1.165) is 5.56 Å². The van der Waals surface area contributed by atoms with E-state index in [-0.39, 0.29) is 17.2 Å². The highest BCUT2D eigenvalue weighted by Crippen LogP contribution is 2.37. The summed E-state index contributed by atoms with van der Waals surface area (Å²) in [5.74, 6) is 0. The van der Waals surface area contributed by atoms with Gasteiger partial charge < -0.3 is 19.0 Å². The molecule has 0 aromatic heterocycles.